The lowest BCUT2D eigenvalue weighted by Gasteiger charge is -2.45. The zero-order valence-corrected chi connectivity index (χ0v) is 13.4. The Kier molecular flexibility index (Phi) is 3.74. The summed E-state index contributed by atoms with van der Waals surface area (Å²) in [6.45, 7) is 5.02. The first-order chi connectivity index (χ1) is 10.1. The highest BCUT2D eigenvalue weighted by Gasteiger charge is 2.54. The maximum Gasteiger partial charge on any atom is 0.249 e. The minimum absolute atomic E-state index is 0.0753. The van der Waals surface area contributed by atoms with Gasteiger partial charge in [0, 0.05) is 6.54 Å². The average Bonchev–Trinajstić information content (AvgIpc) is 3.04. The number of nitrogens with zero attached hydrogens (tertiary/aromatic N) is 1. The molecule has 0 radical (unpaired) electrons. The molecule has 4 heteroatoms. The van der Waals surface area contributed by atoms with Crippen LogP contribution in [-0.2, 0) is 9.59 Å². The van der Waals surface area contributed by atoms with Gasteiger partial charge in [0.05, 0.1) is 0 Å². The second kappa shape index (κ2) is 5.29. The van der Waals surface area contributed by atoms with Crippen LogP contribution in [0.3, 0.4) is 0 Å². The molecular formula is C17H28N2O2. The maximum absolute atomic E-state index is 13.1. The largest absolute Gasteiger partial charge is 0.340 e. The fourth-order valence-electron chi connectivity index (χ4n) is 4.39. The summed E-state index contributed by atoms with van der Waals surface area (Å²) in [5.74, 6) is 0.278. The van der Waals surface area contributed by atoms with Crippen LogP contribution >= 0.6 is 0 Å². The van der Waals surface area contributed by atoms with Crippen molar-refractivity contribution in [3.63, 3.8) is 0 Å². The molecule has 1 atom stereocenters. The van der Waals surface area contributed by atoms with Gasteiger partial charge in [-0.15, -0.1) is 0 Å². The van der Waals surface area contributed by atoms with Gasteiger partial charge in [0.2, 0.25) is 11.8 Å². The Labute approximate surface area is 127 Å². The molecule has 4 nitrogen and oxygen atoms in total. The van der Waals surface area contributed by atoms with Crippen LogP contribution in [0, 0.1) is 5.41 Å². The van der Waals surface area contributed by atoms with Crippen molar-refractivity contribution in [1.29, 1.82) is 0 Å². The van der Waals surface area contributed by atoms with Crippen LogP contribution in [0.5, 0.6) is 0 Å². The van der Waals surface area contributed by atoms with Crippen LogP contribution < -0.4 is 5.32 Å². The van der Waals surface area contributed by atoms with E-state index in [0.717, 1.165) is 45.1 Å². The van der Waals surface area contributed by atoms with Gasteiger partial charge in [0.1, 0.15) is 11.6 Å². The topological polar surface area (TPSA) is 49.4 Å². The predicted molar refractivity (Wildman–Crippen MR) is 81.7 cm³/mol. The summed E-state index contributed by atoms with van der Waals surface area (Å²) in [5, 5.41) is 3.08. The van der Waals surface area contributed by atoms with Crippen molar-refractivity contribution in [1.82, 2.24) is 10.2 Å². The molecule has 2 amide bonds. The highest BCUT2D eigenvalue weighted by Crippen LogP contribution is 2.51. The molecule has 3 fully saturated rings. The van der Waals surface area contributed by atoms with Crippen molar-refractivity contribution < 1.29 is 9.59 Å². The Hall–Kier alpha value is -1.06. The minimum atomic E-state index is -0.564. The Morgan fingerprint density at radius 3 is 2.33 bits per heavy atom. The summed E-state index contributed by atoms with van der Waals surface area (Å²) in [5.41, 5.74) is -0.250. The molecule has 0 aromatic heterocycles. The van der Waals surface area contributed by atoms with Crippen molar-refractivity contribution in [3.05, 3.63) is 0 Å². The van der Waals surface area contributed by atoms with E-state index in [-0.39, 0.29) is 17.9 Å². The first-order valence-corrected chi connectivity index (χ1v) is 8.69. The summed E-state index contributed by atoms with van der Waals surface area (Å²) < 4.78 is 0. The van der Waals surface area contributed by atoms with E-state index in [1.807, 2.05) is 11.8 Å². The lowest BCUT2D eigenvalue weighted by Crippen LogP contribution is -2.69. The molecule has 118 valence electrons. The first kappa shape index (κ1) is 14.9. The number of carbonyl (C=O) groups is 2. The molecule has 0 aromatic rings. The van der Waals surface area contributed by atoms with Crippen molar-refractivity contribution in [3.8, 4) is 0 Å². The lowest BCUT2D eigenvalue weighted by atomic mass is 9.88. The van der Waals surface area contributed by atoms with Gasteiger partial charge in [0.25, 0.3) is 0 Å². The molecule has 1 N–H and O–H groups in total. The molecule has 2 aliphatic carbocycles. The monoisotopic (exact) mass is 292 g/mol. The van der Waals surface area contributed by atoms with E-state index in [1.165, 1.54) is 19.3 Å². The van der Waals surface area contributed by atoms with E-state index in [0.29, 0.717) is 5.41 Å². The van der Waals surface area contributed by atoms with Crippen molar-refractivity contribution >= 4 is 11.8 Å². The summed E-state index contributed by atoms with van der Waals surface area (Å²) in [6, 6.07) is -0.252. The van der Waals surface area contributed by atoms with Crippen LogP contribution in [-0.4, -0.2) is 34.8 Å². The number of amides is 2. The lowest BCUT2D eigenvalue weighted by molar-refractivity contribution is -0.156. The molecule has 1 unspecified atom stereocenters. The molecule has 0 aromatic carbocycles. The van der Waals surface area contributed by atoms with Crippen molar-refractivity contribution in [2.45, 2.75) is 83.2 Å². The minimum Gasteiger partial charge on any atom is -0.340 e. The smallest absolute Gasteiger partial charge is 0.249 e. The Bertz CT molecular complexity index is 436. The summed E-state index contributed by atoms with van der Waals surface area (Å²) >= 11 is 0. The van der Waals surface area contributed by atoms with Crippen LogP contribution in [0.4, 0.5) is 0 Å². The third-order valence-electron chi connectivity index (χ3n) is 5.80. The zero-order valence-electron chi connectivity index (χ0n) is 13.4. The molecule has 1 heterocycles. The van der Waals surface area contributed by atoms with E-state index >= 15 is 0 Å². The molecule has 3 rings (SSSR count). The van der Waals surface area contributed by atoms with Crippen molar-refractivity contribution in [2.75, 3.05) is 6.54 Å². The van der Waals surface area contributed by atoms with Crippen LogP contribution in [0.15, 0.2) is 0 Å². The second-order valence-corrected chi connectivity index (χ2v) is 7.39. The number of nitrogens with one attached hydrogen (secondary N) is 1. The van der Waals surface area contributed by atoms with E-state index in [1.54, 1.807) is 0 Å². The molecule has 21 heavy (non-hydrogen) atoms. The maximum atomic E-state index is 13.1. The van der Waals surface area contributed by atoms with E-state index in [2.05, 4.69) is 12.2 Å². The number of piperazine rings is 1. The van der Waals surface area contributed by atoms with Gasteiger partial charge in [-0.3, -0.25) is 9.59 Å². The third kappa shape index (κ3) is 2.47. The van der Waals surface area contributed by atoms with E-state index in [4.69, 9.17) is 0 Å². The molecule has 1 spiro atoms. The van der Waals surface area contributed by atoms with Gasteiger partial charge >= 0.3 is 0 Å². The Morgan fingerprint density at radius 1 is 1.14 bits per heavy atom. The fraction of sp³-hybridized carbons (Fsp3) is 0.882. The van der Waals surface area contributed by atoms with Crippen LogP contribution in [0.1, 0.15) is 71.6 Å². The molecule has 1 aliphatic heterocycles. The number of hydrogen-bond donors (Lipinski definition) is 1. The predicted octanol–water partition coefficient (Wildman–Crippen LogP) is 2.62. The third-order valence-corrected chi connectivity index (χ3v) is 5.80. The van der Waals surface area contributed by atoms with Crippen LogP contribution in [0.25, 0.3) is 0 Å². The molecular weight excluding hydrogens is 264 g/mol. The van der Waals surface area contributed by atoms with E-state index < -0.39 is 5.54 Å². The Morgan fingerprint density at radius 2 is 1.81 bits per heavy atom. The van der Waals surface area contributed by atoms with Gasteiger partial charge < -0.3 is 10.2 Å². The summed E-state index contributed by atoms with van der Waals surface area (Å²) in [7, 11) is 0. The average molecular weight is 292 g/mol. The Balaban J connectivity index is 1.83. The highest BCUT2D eigenvalue weighted by molar-refractivity contribution is 6.00. The van der Waals surface area contributed by atoms with Crippen molar-refractivity contribution in [2.24, 2.45) is 5.41 Å². The summed E-state index contributed by atoms with van der Waals surface area (Å²) in [6.07, 6.45) is 9.25. The quantitative estimate of drug-likeness (QED) is 0.847. The van der Waals surface area contributed by atoms with Gasteiger partial charge in [-0.1, -0.05) is 33.1 Å². The fourth-order valence-corrected chi connectivity index (χ4v) is 4.39. The standard InChI is InChI=1S/C17H28N2O2/c1-3-7-16(10-11-16)12-19-13(4-2)14(20)18-17(15(19)21)8-5-6-9-17/h13H,3-12H2,1-2H3,(H,18,20). The van der Waals surface area contributed by atoms with Gasteiger partial charge in [-0.05, 0) is 43.9 Å². The highest BCUT2D eigenvalue weighted by atomic mass is 16.2. The SMILES string of the molecule is CCCC1(CN2C(=O)C3(CCCC3)NC(=O)C2CC)CC1. The van der Waals surface area contributed by atoms with Gasteiger partial charge in [-0.2, -0.15) is 0 Å². The van der Waals surface area contributed by atoms with Crippen LogP contribution in [0.2, 0.25) is 0 Å². The molecule has 3 aliphatic rings. The van der Waals surface area contributed by atoms with Gasteiger partial charge in [0.15, 0.2) is 0 Å². The van der Waals surface area contributed by atoms with Gasteiger partial charge in [-0.25, -0.2) is 0 Å². The number of carbonyl (C=O) groups excluding carboxylic acids is 2. The first-order valence-electron chi connectivity index (χ1n) is 8.69. The number of hydrogen-bond acceptors (Lipinski definition) is 2. The van der Waals surface area contributed by atoms with E-state index in [9.17, 15) is 9.59 Å². The number of rotatable bonds is 5. The molecule has 1 saturated heterocycles. The molecule has 2 saturated carbocycles. The normalized spacial score (nSPS) is 29.8. The zero-order chi connectivity index (χ0) is 15.1. The molecule has 0 bridgehead atoms. The second-order valence-electron chi connectivity index (χ2n) is 7.39. The summed E-state index contributed by atoms with van der Waals surface area (Å²) in [4.78, 5) is 27.5.